The minimum atomic E-state index is -4.97. The minimum absolute atomic E-state index is 0.102. The summed E-state index contributed by atoms with van der Waals surface area (Å²) >= 11 is 0. The fraction of sp³-hybridized carbons (Fsp3) is 0.902. The number of aliphatic hydroxyl groups is 1. The van der Waals surface area contributed by atoms with E-state index >= 15 is 0 Å². The summed E-state index contributed by atoms with van der Waals surface area (Å²) < 4.78 is 68.7. The number of phosphoric ester groups is 2. The number of phosphoric acid groups is 2. The summed E-state index contributed by atoms with van der Waals surface area (Å²) in [6, 6.07) is 0. The molecule has 0 saturated heterocycles. The normalized spacial score (nSPS) is 14.0. The summed E-state index contributed by atoms with van der Waals surface area (Å²) in [7, 11) is -9.93. The lowest BCUT2D eigenvalue weighted by Gasteiger charge is -2.21. The highest BCUT2D eigenvalue weighted by molar-refractivity contribution is 7.47. The van der Waals surface area contributed by atoms with Gasteiger partial charge in [-0.1, -0.05) is 361 Å². The van der Waals surface area contributed by atoms with Crippen molar-refractivity contribution in [2.75, 3.05) is 39.6 Å². The number of carbonyl (C=O) groups is 4. The molecular formula is C82H156O17P2. The standard InChI is InChI=1S/C82H156O17P2/c1-6-9-12-15-18-21-24-26-28-29-30-31-32-33-35-37-42-47-52-57-62-67-81(86)99-78(72-93-80(85)66-61-56-51-46-41-36-34-27-25-22-19-16-13-10-7-2)74-97-101(90,91)95-70-76(83)69-94-100(88,89)96-73-77(71-92-79(84)65-60-55-50-45-23-20-17-14-11-8-3)98-82(87)68-63-58-53-48-43-39-38-40-44-49-54-59-64-75(4)5/h22,25,27,34,75-78,83H,6-21,23-24,26,28-33,35-74H2,1-5H3,(H,88,89)(H,90,91)/b25-22-,34-27-/t76-,77+,78+/m0/s1. The van der Waals surface area contributed by atoms with Gasteiger partial charge in [-0.2, -0.15) is 0 Å². The molecule has 0 aromatic heterocycles. The van der Waals surface area contributed by atoms with Crippen LogP contribution >= 0.6 is 15.6 Å². The van der Waals surface area contributed by atoms with Crippen LogP contribution in [0.25, 0.3) is 0 Å². The van der Waals surface area contributed by atoms with E-state index in [4.69, 9.17) is 37.0 Å². The fourth-order valence-electron chi connectivity index (χ4n) is 12.2. The molecule has 0 aliphatic rings. The summed E-state index contributed by atoms with van der Waals surface area (Å²) in [5.74, 6) is -1.36. The number of hydrogen-bond acceptors (Lipinski definition) is 15. The molecule has 0 saturated carbocycles. The molecule has 0 heterocycles. The van der Waals surface area contributed by atoms with Crippen LogP contribution in [0, 0.1) is 5.92 Å². The highest BCUT2D eigenvalue weighted by atomic mass is 31.2. The molecule has 0 amide bonds. The molecule has 0 rings (SSSR count). The Morgan fingerprint density at radius 3 is 0.812 bits per heavy atom. The first-order valence-corrected chi connectivity index (χ1v) is 44.9. The minimum Gasteiger partial charge on any atom is -0.462 e. The van der Waals surface area contributed by atoms with Crippen molar-refractivity contribution >= 4 is 39.5 Å². The van der Waals surface area contributed by atoms with Crippen LogP contribution in [0.1, 0.15) is 413 Å². The van der Waals surface area contributed by atoms with Crippen LogP contribution in [-0.4, -0.2) is 96.7 Å². The second kappa shape index (κ2) is 74.4. The highest BCUT2D eigenvalue weighted by Gasteiger charge is 2.30. The van der Waals surface area contributed by atoms with E-state index in [2.05, 4.69) is 58.9 Å². The van der Waals surface area contributed by atoms with Gasteiger partial charge in [-0.3, -0.25) is 37.3 Å². The SMILES string of the molecule is CCCCCC/C=C\C=C/CCCCCCCC(=O)OC[C@H](COP(=O)(O)OC[C@@H](O)COP(=O)(O)OC[C@@H](COC(=O)CCCCCCCCCCCC)OC(=O)CCCCCCCCCCCCCCC(C)C)OC(=O)CCCCCCCCCCCCCCCCCCCCCCC. The van der Waals surface area contributed by atoms with Crippen LogP contribution in [0.3, 0.4) is 0 Å². The number of aliphatic hydroxyl groups excluding tert-OH is 1. The molecule has 0 aliphatic carbocycles. The predicted molar refractivity (Wildman–Crippen MR) is 414 cm³/mol. The molecule has 0 radical (unpaired) electrons. The maximum atomic E-state index is 13.1. The molecule has 0 fully saturated rings. The number of hydrogen-bond donors (Lipinski definition) is 3. The van der Waals surface area contributed by atoms with E-state index in [9.17, 15) is 43.2 Å². The summed E-state index contributed by atoms with van der Waals surface area (Å²) in [5.41, 5.74) is 0. The summed E-state index contributed by atoms with van der Waals surface area (Å²) in [6.07, 6.45) is 68.8. The molecule has 19 heteroatoms. The molecule has 17 nitrogen and oxygen atoms in total. The van der Waals surface area contributed by atoms with Crippen LogP contribution < -0.4 is 0 Å². The van der Waals surface area contributed by atoms with E-state index < -0.39 is 97.5 Å². The smallest absolute Gasteiger partial charge is 0.462 e. The van der Waals surface area contributed by atoms with Crippen LogP contribution in [-0.2, 0) is 65.4 Å². The van der Waals surface area contributed by atoms with E-state index in [1.54, 1.807) is 0 Å². The second-order valence-corrected chi connectivity index (χ2v) is 32.2. The molecule has 0 aromatic carbocycles. The van der Waals surface area contributed by atoms with Gasteiger partial charge >= 0.3 is 39.5 Å². The van der Waals surface area contributed by atoms with Gasteiger partial charge in [-0.05, 0) is 57.3 Å². The van der Waals surface area contributed by atoms with Crippen LogP contribution in [0.5, 0.6) is 0 Å². The monoisotopic (exact) mass is 1480 g/mol. The Kier molecular flexibility index (Phi) is 72.6. The summed E-state index contributed by atoms with van der Waals surface area (Å²) in [5, 5.41) is 10.6. The Morgan fingerprint density at radius 2 is 0.535 bits per heavy atom. The van der Waals surface area contributed by atoms with Gasteiger partial charge in [-0.25, -0.2) is 9.13 Å². The van der Waals surface area contributed by atoms with Gasteiger partial charge in [0.2, 0.25) is 0 Å². The number of unbranched alkanes of at least 4 members (excludes halogenated alkanes) is 49. The fourth-order valence-corrected chi connectivity index (χ4v) is 13.8. The van der Waals surface area contributed by atoms with Crippen molar-refractivity contribution in [3.63, 3.8) is 0 Å². The zero-order valence-electron chi connectivity index (χ0n) is 65.5. The lowest BCUT2D eigenvalue weighted by molar-refractivity contribution is -0.161. The zero-order valence-corrected chi connectivity index (χ0v) is 67.3. The summed E-state index contributed by atoms with van der Waals surface area (Å²) in [4.78, 5) is 73.0. The van der Waals surface area contributed by atoms with Crippen molar-refractivity contribution in [2.45, 2.75) is 432 Å². The van der Waals surface area contributed by atoms with Crippen molar-refractivity contribution in [3.05, 3.63) is 24.3 Å². The number of allylic oxidation sites excluding steroid dienone is 4. The van der Waals surface area contributed by atoms with E-state index in [0.717, 1.165) is 115 Å². The molecule has 0 aliphatic heterocycles. The van der Waals surface area contributed by atoms with Crippen molar-refractivity contribution < 1.29 is 80.2 Å². The first-order chi connectivity index (χ1) is 49.0. The molecule has 0 aromatic rings. The molecule has 2 unspecified atom stereocenters. The van der Waals surface area contributed by atoms with Crippen LogP contribution in [0.4, 0.5) is 0 Å². The van der Waals surface area contributed by atoms with Gasteiger partial charge < -0.3 is 33.8 Å². The highest BCUT2D eigenvalue weighted by Crippen LogP contribution is 2.45. The third kappa shape index (κ3) is 75.6. The zero-order chi connectivity index (χ0) is 74.1. The van der Waals surface area contributed by atoms with Gasteiger partial charge in [0, 0.05) is 25.7 Å². The molecule has 596 valence electrons. The maximum absolute atomic E-state index is 13.1. The topological polar surface area (TPSA) is 237 Å². The van der Waals surface area contributed by atoms with Gasteiger partial charge in [0.15, 0.2) is 12.2 Å². The maximum Gasteiger partial charge on any atom is 0.472 e. The van der Waals surface area contributed by atoms with E-state index in [-0.39, 0.29) is 25.7 Å². The Labute approximate surface area is 618 Å². The Hall–Kier alpha value is -2.46. The predicted octanol–water partition coefficient (Wildman–Crippen LogP) is 24.4. The van der Waals surface area contributed by atoms with Crippen molar-refractivity contribution in [2.24, 2.45) is 5.92 Å². The van der Waals surface area contributed by atoms with Crippen LogP contribution in [0.2, 0.25) is 0 Å². The van der Waals surface area contributed by atoms with Gasteiger partial charge in [-0.15, -0.1) is 0 Å². The first-order valence-electron chi connectivity index (χ1n) is 42.0. The van der Waals surface area contributed by atoms with Crippen molar-refractivity contribution in [1.29, 1.82) is 0 Å². The number of ether oxygens (including phenoxy) is 4. The molecular weight excluding hydrogens is 1320 g/mol. The van der Waals surface area contributed by atoms with Crippen molar-refractivity contribution in [1.82, 2.24) is 0 Å². The lowest BCUT2D eigenvalue weighted by Crippen LogP contribution is -2.30. The van der Waals surface area contributed by atoms with Gasteiger partial charge in [0.25, 0.3) is 0 Å². The summed E-state index contributed by atoms with van der Waals surface area (Å²) in [6.45, 7) is 7.26. The Bertz CT molecular complexity index is 2020. The number of rotatable bonds is 80. The third-order valence-electron chi connectivity index (χ3n) is 18.7. The van der Waals surface area contributed by atoms with Crippen molar-refractivity contribution in [3.8, 4) is 0 Å². The average Bonchev–Trinajstić information content (AvgIpc) is 0.924. The Balaban J connectivity index is 5.25. The lowest BCUT2D eigenvalue weighted by atomic mass is 10.0. The second-order valence-electron chi connectivity index (χ2n) is 29.3. The van der Waals surface area contributed by atoms with E-state index in [0.29, 0.717) is 25.7 Å². The van der Waals surface area contributed by atoms with Crippen LogP contribution in [0.15, 0.2) is 24.3 Å². The molecule has 101 heavy (non-hydrogen) atoms. The van der Waals surface area contributed by atoms with Gasteiger partial charge in [0.1, 0.15) is 19.3 Å². The number of esters is 4. The largest absolute Gasteiger partial charge is 0.472 e. The van der Waals surface area contributed by atoms with E-state index in [1.165, 1.54) is 218 Å². The first kappa shape index (κ1) is 98.5. The number of carbonyl (C=O) groups excluding carboxylic acids is 4. The third-order valence-corrected chi connectivity index (χ3v) is 20.6. The van der Waals surface area contributed by atoms with E-state index in [1.807, 2.05) is 0 Å². The molecule has 0 bridgehead atoms. The molecule has 3 N–H and O–H groups in total. The molecule has 5 atom stereocenters. The quantitative estimate of drug-likeness (QED) is 0.0169. The van der Waals surface area contributed by atoms with Gasteiger partial charge in [0.05, 0.1) is 26.4 Å². The Morgan fingerprint density at radius 1 is 0.307 bits per heavy atom. The average molecular weight is 1480 g/mol. The molecule has 0 spiro atoms.